The third kappa shape index (κ3) is 6.84. The Morgan fingerprint density at radius 1 is 0.897 bits per heavy atom. The molecule has 153 valence electrons. The first-order valence-corrected chi connectivity index (χ1v) is 11.0. The molecule has 0 N–H and O–H groups in total. The molecule has 3 heteroatoms. The number of carbonyl (C=O) groups is 1. The number of benzene rings is 2. The molecule has 1 aliphatic heterocycles. The van der Waals surface area contributed by atoms with Gasteiger partial charge in [0.2, 0.25) is 0 Å². The molecule has 1 fully saturated rings. The standard InChI is InChI=1S/C26H36NO.Y/c1-4-23-16-21(2)26(22(3)17-23)18-25(28)20-27(14-10-5-6-11-15-27)19-24-12-8-7-9-13-24;/h7-9,12-13,16-17H,4-6,10-11,14-15,18-20H2,1-3H3;/q+1;. The molecule has 0 atom stereocenters. The van der Waals surface area contributed by atoms with Gasteiger partial charge in [-0.2, -0.15) is 0 Å². The topological polar surface area (TPSA) is 17.1 Å². The van der Waals surface area contributed by atoms with E-state index in [0.29, 0.717) is 18.7 Å². The summed E-state index contributed by atoms with van der Waals surface area (Å²) in [6, 6.07) is 15.3. The van der Waals surface area contributed by atoms with Gasteiger partial charge in [-0.3, -0.25) is 4.79 Å². The fourth-order valence-electron chi connectivity index (χ4n) is 4.90. The predicted molar refractivity (Wildman–Crippen MR) is 117 cm³/mol. The first-order valence-electron chi connectivity index (χ1n) is 11.0. The number of hydrogen-bond donors (Lipinski definition) is 0. The van der Waals surface area contributed by atoms with Gasteiger partial charge < -0.3 is 4.48 Å². The number of likely N-dealkylation sites (tertiary alicyclic amines) is 1. The van der Waals surface area contributed by atoms with Crippen LogP contribution in [0.2, 0.25) is 0 Å². The van der Waals surface area contributed by atoms with Gasteiger partial charge in [0.25, 0.3) is 0 Å². The Kier molecular flexibility index (Phi) is 9.72. The van der Waals surface area contributed by atoms with Gasteiger partial charge in [-0.1, -0.05) is 49.4 Å². The van der Waals surface area contributed by atoms with E-state index in [-0.39, 0.29) is 32.7 Å². The molecule has 0 amide bonds. The van der Waals surface area contributed by atoms with Gasteiger partial charge in [0.1, 0.15) is 13.1 Å². The molecule has 0 saturated carbocycles. The smallest absolute Gasteiger partial charge is 0.191 e. The van der Waals surface area contributed by atoms with Crippen molar-refractivity contribution in [2.45, 2.75) is 65.8 Å². The van der Waals surface area contributed by atoms with Crippen LogP contribution in [0.4, 0.5) is 0 Å². The maximum atomic E-state index is 13.2. The molecule has 2 aromatic carbocycles. The average Bonchev–Trinajstić information content (AvgIpc) is 2.90. The Labute approximate surface area is 202 Å². The minimum atomic E-state index is 0. The molecule has 1 saturated heterocycles. The summed E-state index contributed by atoms with van der Waals surface area (Å²) < 4.78 is 0.938. The van der Waals surface area contributed by atoms with E-state index >= 15 is 0 Å². The minimum Gasteiger partial charge on any atom is -0.314 e. The molecule has 1 radical (unpaired) electrons. The van der Waals surface area contributed by atoms with E-state index in [4.69, 9.17) is 0 Å². The van der Waals surface area contributed by atoms with E-state index in [1.165, 1.54) is 53.5 Å². The van der Waals surface area contributed by atoms with Crippen LogP contribution in [0.15, 0.2) is 42.5 Å². The number of Topliss-reactive ketones (excluding diaryl/α,β-unsaturated/α-hetero) is 1. The summed E-state index contributed by atoms with van der Waals surface area (Å²) in [5.41, 5.74) is 6.52. The fourth-order valence-corrected chi connectivity index (χ4v) is 4.90. The van der Waals surface area contributed by atoms with Crippen LogP contribution in [0.3, 0.4) is 0 Å². The number of hydrogen-bond acceptors (Lipinski definition) is 1. The van der Waals surface area contributed by atoms with Crippen LogP contribution in [0.5, 0.6) is 0 Å². The summed E-state index contributed by atoms with van der Waals surface area (Å²) in [6.45, 7) is 10.4. The van der Waals surface area contributed by atoms with Crippen LogP contribution in [0.25, 0.3) is 0 Å². The summed E-state index contributed by atoms with van der Waals surface area (Å²) >= 11 is 0. The molecular formula is C26H36NOY+. The van der Waals surface area contributed by atoms with Crippen molar-refractivity contribution in [2.75, 3.05) is 19.6 Å². The van der Waals surface area contributed by atoms with Gasteiger partial charge in [-0.05, 0) is 68.2 Å². The molecule has 0 spiro atoms. The minimum absolute atomic E-state index is 0. The van der Waals surface area contributed by atoms with Gasteiger partial charge in [0.05, 0.1) is 13.1 Å². The number of rotatable bonds is 7. The maximum Gasteiger partial charge on any atom is 0.191 e. The number of aryl methyl sites for hydroxylation is 3. The third-order valence-electron chi connectivity index (χ3n) is 6.43. The Morgan fingerprint density at radius 2 is 1.48 bits per heavy atom. The monoisotopic (exact) mass is 467 g/mol. The van der Waals surface area contributed by atoms with E-state index in [2.05, 4.69) is 63.2 Å². The summed E-state index contributed by atoms with van der Waals surface area (Å²) in [5.74, 6) is 0.397. The van der Waals surface area contributed by atoms with Crippen molar-refractivity contribution in [3.05, 3.63) is 70.3 Å². The van der Waals surface area contributed by atoms with Crippen molar-refractivity contribution in [2.24, 2.45) is 0 Å². The third-order valence-corrected chi connectivity index (χ3v) is 6.43. The molecule has 0 unspecified atom stereocenters. The fraction of sp³-hybridized carbons (Fsp3) is 0.500. The van der Waals surface area contributed by atoms with Crippen molar-refractivity contribution in [3.63, 3.8) is 0 Å². The Morgan fingerprint density at radius 3 is 2.03 bits per heavy atom. The van der Waals surface area contributed by atoms with Gasteiger partial charge in [0.15, 0.2) is 5.78 Å². The Balaban J connectivity index is 0.00000300. The molecule has 1 heterocycles. The number of carbonyl (C=O) groups excluding carboxylic acids is 1. The van der Waals surface area contributed by atoms with Crippen molar-refractivity contribution in [3.8, 4) is 0 Å². The second-order valence-electron chi connectivity index (χ2n) is 8.78. The zero-order chi connectivity index (χ0) is 20.0. The number of ketones is 1. The van der Waals surface area contributed by atoms with Crippen LogP contribution >= 0.6 is 0 Å². The van der Waals surface area contributed by atoms with Crippen molar-refractivity contribution >= 4 is 5.78 Å². The van der Waals surface area contributed by atoms with Gasteiger partial charge in [-0.15, -0.1) is 0 Å². The molecule has 2 nitrogen and oxygen atoms in total. The molecule has 29 heavy (non-hydrogen) atoms. The molecule has 3 rings (SSSR count). The molecular weight excluding hydrogens is 431 g/mol. The SMILES string of the molecule is CCc1cc(C)c(CC(=O)C[N+]2(Cc3ccccc3)CCCCCC2)c(C)c1.[Y]. The zero-order valence-electron chi connectivity index (χ0n) is 18.5. The van der Waals surface area contributed by atoms with E-state index in [1.807, 2.05) is 0 Å². The van der Waals surface area contributed by atoms with E-state index in [1.54, 1.807) is 0 Å². The molecule has 2 aromatic rings. The average molecular weight is 467 g/mol. The molecule has 1 aliphatic rings. The zero-order valence-corrected chi connectivity index (χ0v) is 21.4. The summed E-state index contributed by atoms with van der Waals surface area (Å²) in [4.78, 5) is 13.2. The van der Waals surface area contributed by atoms with Crippen molar-refractivity contribution in [1.82, 2.24) is 0 Å². The first-order chi connectivity index (χ1) is 13.5. The second kappa shape index (κ2) is 11.5. The molecule has 0 bridgehead atoms. The molecule has 0 aromatic heterocycles. The van der Waals surface area contributed by atoms with Crippen LogP contribution in [-0.2, 0) is 56.9 Å². The summed E-state index contributed by atoms with van der Waals surface area (Å²) in [7, 11) is 0. The largest absolute Gasteiger partial charge is 0.314 e. The van der Waals surface area contributed by atoms with E-state index in [9.17, 15) is 4.79 Å². The van der Waals surface area contributed by atoms with Gasteiger partial charge in [-0.25, -0.2) is 0 Å². The molecule has 0 aliphatic carbocycles. The van der Waals surface area contributed by atoms with Crippen LogP contribution in [0.1, 0.15) is 60.4 Å². The van der Waals surface area contributed by atoms with Crippen LogP contribution in [-0.4, -0.2) is 29.9 Å². The van der Waals surface area contributed by atoms with E-state index in [0.717, 1.165) is 30.5 Å². The van der Waals surface area contributed by atoms with Gasteiger partial charge in [0, 0.05) is 44.7 Å². The van der Waals surface area contributed by atoms with Gasteiger partial charge >= 0.3 is 0 Å². The summed E-state index contributed by atoms with van der Waals surface area (Å²) in [6.07, 6.45) is 6.72. The van der Waals surface area contributed by atoms with Crippen LogP contribution in [0, 0.1) is 13.8 Å². The van der Waals surface area contributed by atoms with E-state index < -0.39 is 0 Å². The quantitative estimate of drug-likeness (QED) is 0.487. The predicted octanol–water partition coefficient (Wildman–Crippen LogP) is 5.57. The Hall–Kier alpha value is -0.826. The Bertz CT molecular complexity index is 769. The van der Waals surface area contributed by atoms with Crippen LogP contribution < -0.4 is 0 Å². The first kappa shape index (κ1) is 24.4. The van der Waals surface area contributed by atoms with Crippen molar-refractivity contribution < 1.29 is 42.0 Å². The summed E-state index contributed by atoms with van der Waals surface area (Å²) in [5, 5.41) is 0. The maximum absolute atomic E-state index is 13.2. The van der Waals surface area contributed by atoms with Crippen molar-refractivity contribution in [1.29, 1.82) is 0 Å². The number of quaternary nitrogens is 1. The normalized spacial score (nSPS) is 16.0. The number of nitrogens with zero attached hydrogens (tertiary/aromatic N) is 1. The second-order valence-corrected chi connectivity index (χ2v) is 8.78.